The van der Waals surface area contributed by atoms with Crippen LogP contribution in [0.25, 0.3) is 10.2 Å². The fourth-order valence-electron chi connectivity index (χ4n) is 1.59. The number of hydrogen-bond acceptors (Lipinski definition) is 6. The third kappa shape index (κ3) is 5.10. The fourth-order valence-corrected chi connectivity index (χ4v) is 2.60. The van der Waals surface area contributed by atoms with Crippen LogP contribution in [0.1, 0.15) is 0 Å². The van der Waals surface area contributed by atoms with Crippen molar-refractivity contribution in [2.24, 2.45) is 0 Å². The van der Waals surface area contributed by atoms with E-state index < -0.39 is 0 Å². The molecule has 2 aromatic rings. The molecule has 0 fully saturated rings. The Kier molecular flexibility index (Phi) is 6.31. The predicted molar refractivity (Wildman–Crippen MR) is 91.9 cm³/mol. The van der Waals surface area contributed by atoms with Gasteiger partial charge < -0.3 is 15.4 Å². The molecule has 7 nitrogen and oxygen atoms in total. The number of para-hydroxylation sites is 1. The number of aromatic nitrogens is 1. The monoisotopic (exact) mass is 339 g/mol. The van der Waals surface area contributed by atoms with Gasteiger partial charge in [0.25, 0.3) is 5.91 Å². The average Bonchev–Trinajstić information content (AvgIpc) is 2.94. The summed E-state index contributed by atoms with van der Waals surface area (Å²) in [6, 6.07) is 7.81. The number of benzene rings is 1. The number of ether oxygens (including phenoxy) is 1. The van der Waals surface area contributed by atoms with Crippen molar-refractivity contribution >= 4 is 49.9 Å². The smallest absolute Gasteiger partial charge is 0.257 e. The van der Waals surface area contributed by atoms with Crippen LogP contribution < -0.4 is 21.5 Å². The lowest BCUT2D eigenvalue weighted by atomic mass is 10.3. The number of hydrogen-bond donors (Lipinski definition) is 4. The van der Waals surface area contributed by atoms with Gasteiger partial charge in [0.1, 0.15) is 0 Å². The number of carbonyl (C=O) groups excluding carboxylic acids is 1. The highest BCUT2D eigenvalue weighted by atomic mass is 32.1. The van der Waals surface area contributed by atoms with Crippen molar-refractivity contribution in [2.75, 3.05) is 32.1 Å². The zero-order chi connectivity index (χ0) is 15.8. The Morgan fingerprint density at radius 2 is 2.18 bits per heavy atom. The predicted octanol–water partition coefficient (Wildman–Crippen LogP) is 0.850. The van der Waals surface area contributed by atoms with Crippen LogP contribution in [0.2, 0.25) is 0 Å². The van der Waals surface area contributed by atoms with Crippen molar-refractivity contribution in [2.45, 2.75) is 0 Å². The maximum atomic E-state index is 11.7. The summed E-state index contributed by atoms with van der Waals surface area (Å²) in [5.41, 5.74) is 6.02. The molecule has 0 spiro atoms. The number of carbonyl (C=O) groups is 1. The van der Waals surface area contributed by atoms with E-state index in [4.69, 9.17) is 17.0 Å². The first-order valence-corrected chi connectivity index (χ1v) is 7.82. The molecule has 4 N–H and O–H groups in total. The van der Waals surface area contributed by atoms with Gasteiger partial charge in [0, 0.05) is 13.7 Å². The number of thiazole rings is 1. The zero-order valence-electron chi connectivity index (χ0n) is 12.0. The van der Waals surface area contributed by atoms with E-state index in [2.05, 4.69) is 26.5 Å². The Morgan fingerprint density at radius 1 is 1.36 bits per heavy atom. The summed E-state index contributed by atoms with van der Waals surface area (Å²) >= 11 is 6.49. The molecule has 22 heavy (non-hydrogen) atoms. The molecule has 2 rings (SSSR count). The number of hydrazine groups is 1. The van der Waals surface area contributed by atoms with Gasteiger partial charge in [-0.15, -0.1) is 0 Å². The Bertz CT molecular complexity index is 613. The second-order valence-corrected chi connectivity index (χ2v) is 5.70. The molecule has 1 aromatic carbocycles. The van der Waals surface area contributed by atoms with Gasteiger partial charge in [0.15, 0.2) is 10.2 Å². The highest BCUT2D eigenvalue weighted by Crippen LogP contribution is 2.24. The maximum absolute atomic E-state index is 11.7. The Hall–Kier alpha value is -1.97. The lowest BCUT2D eigenvalue weighted by molar-refractivity contribution is -0.119. The van der Waals surface area contributed by atoms with Crippen molar-refractivity contribution < 1.29 is 9.53 Å². The van der Waals surface area contributed by atoms with Crippen molar-refractivity contribution in [1.29, 1.82) is 0 Å². The zero-order valence-corrected chi connectivity index (χ0v) is 13.6. The van der Waals surface area contributed by atoms with Crippen LogP contribution in [0.5, 0.6) is 0 Å². The highest BCUT2D eigenvalue weighted by Gasteiger charge is 2.05. The number of thiocarbonyl (C=S) groups is 1. The van der Waals surface area contributed by atoms with Gasteiger partial charge in [-0.2, -0.15) is 0 Å². The molecule has 118 valence electrons. The van der Waals surface area contributed by atoms with Crippen molar-refractivity contribution in [3.63, 3.8) is 0 Å². The van der Waals surface area contributed by atoms with Gasteiger partial charge in [0.05, 0.1) is 23.4 Å². The van der Waals surface area contributed by atoms with Gasteiger partial charge in [-0.1, -0.05) is 23.5 Å². The van der Waals surface area contributed by atoms with Gasteiger partial charge >= 0.3 is 0 Å². The molecule has 0 saturated heterocycles. The SMILES string of the molecule is COCCNC(=S)NNC(=O)CNc1nc2ccccc2s1. The Morgan fingerprint density at radius 3 is 2.95 bits per heavy atom. The molecule has 0 atom stereocenters. The third-order valence-corrected chi connectivity index (χ3v) is 3.84. The summed E-state index contributed by atoms with van der Waals surface area (Å²) in [5.74, 6) is -0.241. The number of rotatable bonds is 6. The molecule has 1 amide bonds. The van der Waals surface area contributed by atoms with E-state index in [-0.39, 0.29) is 12.5 Å². The highest BCUT2D eigenvalue weighted by molar-refractivity contribution is 7.80. The van der Waals surface area contributed by atoms with Crippen LogP contribution in [0.15, 0.2) is 24.3 Å². The van der Waals surface area contributed by atoms with Crippen LogP contribution in [-0.4, -0.2) is 42.8 Å². The molecule has 1 aromatic heterocycles. The van der Waals surface area contributed by atoms with E-state index >= 15 is 0 Å². The van der Waals surface area contributed by atoms with E-state index in [1.807, 2.05) is 24.3 Å². The molecule has 0 unspecified atom stereocenters. The average molecular weight is 339 g/mol. The maximum Gasteiger partial charge on any atom is 0.257 e. The Labute approximate surface area is 137 Å². The molecule has 0 aliphatic rings. The van der Waals surface area contributed by atoms with Crippen molar-refractivity contribution in [3.8, 4) is 0 Å². The van der Waals surface area contributed by atoms with Gasteiger partial charge in [-0.05, 0) is 24.4 Å². The summed E-state index contributed by atoms with van der Waals surface area (Å²) in [5, 5.41) is 6.91. The molecule has 0 bridgehead atoms. The van der Waals surface area contributed by atoms with Crippen LogP contribution >= 0.6 is 23.6 Å². The molecule has 0 radical (unpaired) electrons. The molecule has 1 heterocycles. The van der Waals surface area contributed by atoms with Gasteiger partial charge in [-0.25, -0.2) is 4.98 Å². The minimum Gasteiger partial charge on any atom is -0.383 e. The summed E-state index contributed by atoms with van der Waals surface area (Å²) in [4.78, 5) is 16.1. The second kappa shape index (κ2) is 8.47. The van der Waals surface area contributed by atoms with E-state index in [0.717, 1.165) is 10.2 Å². The number of nitrogens with zero attached hydrogens (tertiary/aromatic N) is 1. The van der Waals surface area contributed by atoms with Crippen molar-refractivity contribution in [1.82, 2.24) is 21.2 Å². The molecular weight excluding hydrogens is 322 g/mol. The second-order valence-electron chi connectivity index (χ2n) is 4.26. The summed E-state index contributed by atoms with van der Waals surface area (Å²) in [7, 11) is 1.60. The molecule has 0 aliphatic carbocycles. The van der Waals surface area contributed by atoms with Crippen LogP contribution in [-0.2, 0) is 9.53 Å². The summed E-state index contributed by atoms with van der Waals surface area (Å²) in [6.45, 7) is 1.21. The lowest BCUT2D eigenvalue weighted by Gasteiger charge is -2.11. The summed E-state index contributed by atoms with van der Waals surface area (Å²) < 4.78 is 5.95. The van der Waals surface area contributed by atoms with Gasteiger partial charge in [0.2, 0.25) is 0 Å². The van der Waals surface area contributed by atoms with Gasteiger partial charge in [-0.3, -0.25) is 15.6 Å². The Balaban J connectivity index is 1.70. The van der Waals surface area contributed by atoms with E-state index in [9.17, 15) is 4.79 Å². The van der Waals surface area contributed by atoms with Crippen molar-refractivity contribution in [3.05, 3.63) is 24.3 Å². The third-order valence-electron chi connectivity index (χ3n) is 2.60. The lowest BCUT2D eigenvalue weighted by Crippen LogP contribution is -2.48. The normalized spacial score (nSPS) is 10.2. The minimum absolute atomic E-state index is 0.105. The van der Waals surface area contributed by atoms with E-state index in [1.165, 1.54) is 11.3 Å². The quantitative estimate of drug-likeness (QED) is 0.353. The first-order valence-electron chi connectivity index (χ1n) is 6.60. The first-order chi connectivity index (χ1) is 10.7. The number of nitrogens with one attached hydrogen (secondary N) is 4. The molecule has 9 heteroatoms. The largest absolute Gasteiger partial charge is 0.383 e. The van der Waals surface area contributed by atoms with Crippen LogP contribution in [0.3, 0.4) is 0 Å². The number of methoxy groups -OCH3 is 1. The standard InChI is InChI=1S/C13H17N5O2S2/c1-20-7-6-14-12(21)18-17-11(19)8-15-13-16-9-4-2-3-5-10(9)22-13/h2-5H,6-8H2,1H3,(H,15,16)(H,17,19)(H2,14,18,21). The molecule has 0 saturated carbocycles. The number of anilines is 1. The minimum atomic E-state index is -0.241. The van der Waals surface area contributed by atoms with Crippen LogP contribution in [0.4, 0.5) is 5.13 Å². The number of fused-ring (bicyclic) bond motifs is 1. The molecular formula is C13H17N5O2S2. The van der Waals surface area contributed by atoms with E-state index in [1.54, 1.807) is 7.11 Å². The van der Waals surface area contributed by atoms with Crippen LogP contribution in [0, 0.1) is 0 Å². The summed E-state index contributed by atoms with van der Waals surface area (Å²) in [6.07, 6.45) is 0. The number of amides is 1. The molecule has 0 aliphatic heterocycles. The topological polar surface area (TPSA) is 87.3 Å². The fraction of sp³-hybridized carbons (Fsp3) is 0.308. The first kappa shape index (κ1) is 16.4. The van der Waals surface area contributed by atoms with E-state index in [0.29, 0.717) is 23.4 Å².